The lowest BCUT2D eigenvalue weighted by molar-refractivity contribution is -0.122. The number of urea groups is 1. The van der Waals surface area contributed by atoms with Crippen molar-refractivity contribution in [3.63, 3.8) is 0 Å². The predicted octanol–water partition coefficient (Wildman–Crippen LogP) is 7.07. The Hall–Kier alpha value is -2.65. The number of hydrogen-bond donors (Lipinski definition) is 1. The summed E-state index contributed by atoms with van der Waals surface area (Å²) < 4.78 is 7.30. The van der Waals surface area contributed by atoms with Crippen LogP contribution in [-0.2, 0) is 16.2 Å². The second-order valence-electron chi connectivity index (χ2n) is 7.58. The third-order valence-electron chi connectivity index (χ3n) is 5.18. The van der Waals surface area contributed by atoms with E-state index in [4.69, 9.17) is 27.9 Å². The molecule has 0 aliphatic carbocycles. The zero-order valence-corrected chi connectivity index (χ0v) is 22.8. The first kappa shape index (κ1) is 25.4. The number of ether oxygens (including phenoxy) is 1. The molecule has 0 radical (unpaired) electrons. The normalized spacial score (nSPS) is 14.9. The van der Waals surface area contributed by atoms with E-state index in [-0.39, 0.29) is 17.9 Å². The molecule has 0 aromatic heterocycles. The van der Waals surface area contributed by atoms with Crippen LogP contribution in [0.3, 0.4) is 0 Å². The van der Waals surface area contributed by atoms with E-state index in [0.717, 1.165) is 16.0 Å². The van der Waals surface area contributed by atoms with Crippen LogP contribution in [0, 0.1) is 6.92 Å². The summed E-state index contributed by atoms with van der Waals surface area (Å²) >= 11 is 19.3. The fourth-order valence-electron chi connectivity index (χ4n) is 3.37. The van der Waals surface area contributed by atoms with Crippen molar-refractivity contribution >= 4 is 84.7 Å². The minimum absolute atomic E-state index is 0.155. The van der Waals surface area contributed by atoms with E-state index >= 15 is 0 Å². The predicted molar refractivity (Wildman–Crippen MR) is 143 cm³/mol. The summed E-state index contributed by atoms with van der Waals surface area (Å²) in [5.41, 5.74) is 1.99. The molecule has 0 saturated carbocycles. The SMILES string of the molecule is Cc1ccc(N2C(=O)NC(=O)/C(=C\c3cc(Br)cc(Br)c3OCc3ccccc3Cl)C2=O)cc1Cl. The zero-order chi connectivity index (χ0) is 25.3. The summed E-state index contributed by atoms with van der Waals surface area (Å²) in [5, 5.41) is 3.15. The number of carbonyl (C=O) groups excluding carboxylic acids is 3. The van der Waals surface area contributed by atoms with Crippen LogP contribution in [0.2, 0.25) is 10.0 Å². The van der Waals surface area contributed by atoms with Crippen molar-refractivity contribution in [1.82, 2.24) is 5.32 Å². The summed E-state index contributed by atoms with van der Waals surface area (Å²) in [6.07, 6.45) is 1.38. The van der Waals surface area contributed by atoms with Crippen molar-refractivity contribution in [2.24, 2.45) is 0 Å². The Morgan fingerprint density at radius 3 is 2.46 bits per heavy atom. The number of aryl methyl sites for hydroxylation is 1. The molecule has 3 aromatic rings. The van der Waals surface area contributed by atoms with Gasteiger partial charge in [0.25, 0.3) is 11.8 Å². The molecular formula is C25H16Br2Cl2N2O4. The van der Waals surface area contributed by atoms with Gasteiger partial charge < -0.3 is 4.74 Å². The topological polar surface area (TPSA) is 75.7 Å². The van der Waals surface area contributed by atoms with Crippen LogP contribution in [0.5, 0.6) is 5.75 Å². The van der Waals surface area contributed by atoms with Gasteiger partial charge in [-0.1, -0.05) is 63.4 Å². The summed E-state index contributed by atoms with van der Waals surface area (Å²) in [6, 6.07) is 14.6. The van der Waals surface area contributed by atoms with Gasteiger partial charge in [0, 0.05) is 25.6 Å². The van der Waals surface area contributed by atoms with Gasteiger partial charge in [-0.2, -0.15) is 0 Å². The Bertz CT molecular complexity index is 1410. The molecule has 1 fully saturated rings. The Morgan fingerprint density at radius 2 is 1.74 bits per heavy atom. The monoisotopic (exact) mass is 636 g/mol. The molecule has 0 atom stereocenters. The highest BCUT2D eigenvalue weighted by Crippen LogP contribution is 2.36. The molecule has 0 bridgehead atoms. The van der Waals surface area contributed by atoms with E-state index in [1.54, 1.807) is 37.3 Å². The molecule has 1 saturated heterocycles. The zero-order valence-electron chi connectivity index (χ0n) is 18.1. The van der Waals surface area contributed by atoms with Crippen LogP contribution in [0.15, 0.2) is 69.1 Å². The maximum absolute atomic E-state index is 13.3. The van der Waals surface area contributed by atoms with Gasteiger partial charge in [0.05, 0.1) is 10.2 Å². The molecule has 4 amide bonds. The number of halogens is 4. The standard InChI is InChI=1S/C25H16Br2Cl2N2O4/c1-13-6-7-17(11-21(13)29)31-24(33)18(23(32)30-25(31)34)9-15-8-16(26)10-19(27)22(15)35-12-14-4-2-3-5-20(14)28/h2-11H,12H2,1H3,(H,30,32,34)/b18-9+. The smallest absolute Gasteiger partial charge is 0.335 e. The lowest BCUT2D eigenvalue weighted by atomic mass is 10.1. The molecule has 10 heteroatoms. The highest BCUT2D eigenvalue weighted by Gasteiger charge is 2.37. The molecule has 3 aromatic carbocycles. The van der Waals surface area contributed by atoms with Gasteiger partial charge in [-0.25, -0.2) is 9.69 Å². The molecule has 1 aliphatic heterocycles. The summed E-state index contributed by atoms with van der Waals surface area (Å²) in [6.45, 7) is 1.96. The summed E-state index contributed by atoms with van der Waals surface area (Å²) in [4.78, 5) is 39.4. The van der Waals surface area contributed by atoms with Gasteiger partial charge >= 0.3 is 6.03 Å². The van der Waals surface area contributed by atoms with Crippen LogP contribution in [-0.4, -0.2) is 17.8 Å². The molecule has 178 valence electrons. The van der Waals surface area contributed by atoms with Crippen molar-refractivity contribution < 1.29 is 19.1 Å². The maximum atomic E-state index is 13.3. The number of carbonyl (C=O) groups is 3. The van der Waals surface area contributed by atoms with E-state index in [9.17, 15) is 14.4 Å². The summed E-state index contributed by atoms with van der Waals surface area (Å²) in [7, 11) is 0. The number of amides is 4. The molecule has 0 unspecified atom stereocenters. The average Bonchev–Trinajstić information content (AvgIpc) is 2.79. The van der Waals surface area contributed by atoms with Gasteiger partial charge in [-0.15, -0.1) is 0 Å². The fourth-order valence-corrected chi connectivity index (χ4v) is 5.11. The Morgan fingerprint density at radius 1 is 1.00 bits per heavy atom. The molecule has 6 nitrogen and oxygen atoms in total. The highest BCUT2D eigenvalue weighted by molar-refractivity contribution is 9.11. The van der Waals surface area contributed by atoms with Gasteiger partial charge in [-0.3, -0.25) is 14.9 Å². The average molecular weight is 639 g/mol. The van der Waals surface area contributed by atoms with Crippen LogP contribution >= 0.6 is 55.1 Å². The lowest BCUT2D eigenvalue weighted by Gasteiger charge is -2.27. The summed E-state index contributed by atoms with van der Waals surface area (Å²) in [5.74, 6) is -1.21. The quantitative estimate of drug-likeness (QED) is 0.240. The van der Waals surface area contributed by atoms with E-state index < -0.39 is 17.8 Å². The molecule has 4 rings (SSSR count). The number of rotatable bonds is 5. The molecule has 1 heterocycles. The van der Waals surface area contributed by atoms with Crippen LogP contribution < -0.4 is 15.0 Å². The number of nitrogens with one attached hydrogen (secondary N) is 1. The van der Waals surface area contributed by atoms with Gasteiger partial charge in [0.2, 0.25) is 0 Å². The van der Waals surface area contributed by atoms with Gasteiger partial charge in [0.15, 0.2) is 0 Å². The Kier molecular flexibility index (Phi) is 7.66. The Balaban J connectivity index is 1.73. The molecule has 35 heavy (non-hydrogen) atoms. The van der Waals surface area contributed by atoms with Gasteiger partial charge in [0.1, 0.15) is 17.9 Å². The van der Waals surface area contributed by atoms with Crippen LogP contribution in [0.4, 0.5) is 10.5 Å². The van der Waals surface area contributed by atoms with Gasteiger partial charge in [-0.05, 0) is 64.8 Å². The molecule has 1 aliphatic rings. The largest absolute Gasteiger partial charge is 0.487 e. The lowest BCUT2D eigenvalue weighted by Crippen LogP contribution is -2.54. The second kappa shape index (κ2) is 10.5. The number of benzene rings is 3. The highest BCUT2D eigenvalue weighted by atomic mass is 79.9. The first-order valence-electron chi connectivity index (χ1n) is 10.2. The first-order valence-corrected chi connectivity index (χ1v) is 12.5. The third kappa shape index (κ3) is 5.46. The van der Waals surface area contributed by atoms with E-state index in [1.807, 2.05) is 18.2 Å². The number of imide groups is 2. The van der Waals surface area contributed by atoms with E-state index in [2.05, 4.69) is 37.2 Å². The number of hydrogen-bond acceptors (Lipinski definition) is 4. The van der Waals surface area contributed by atoms with Crippen LogP contribution in [0.1, 0.15) is 16.7 Å². The van der Waals surface area contributed by atoms with Crippen molar-refractivity contribution in [2.75, 3.05) is 4.90 Å². The van der Waals surface area contributed by atoms with Crippen molar-refractivity contribution in [2.45, 2.75) is 13.5 Å². The van der Waals surface area contributed by atoms with E-state index in [1.165, 1.54) is 12.1 Å². The van der Waals surface area contributed by atoms with Crippen molar-refractivity contribution in [3.05, 3.63) is 95.9 Å². The second-order valence-corrected chi connectivity index (χ2v) is 10.2. The van der Waals surface area contributed by atoms with Crippen LogP contribution in [0.25, 0.3) is 6.08 Å². The first-order chi connectivity index (χ1) is 16.7. The number of nitrogens with zero attached hydrogens (tertiary/aromatic N) is 1. The number of barbiturate groups is 1. The molecule has 0 spiro atoms. The van der Waals surface area contributed by atoms with Crippen molar-refractivity contribution in [1.29, 1.82) is 0 Å². The Labute approximate surface area is 228 Å². The third-order valence-corrected chi connectivity index (χ3v) is 7.00. The fraction of sp³-hybridized carbons (Fsp3) is 0.0800. The maximum Gasteiger partial charge on any atom is 0.335 e. The van der Waals surface area contributed by atoms with Crippen molar-refractivity contribution in [3.8, 4) is 5.75 Å². The van der Waals surface area contributed by atoms with E-state index in [0.29, 0.717) is 30.3 Å². The minimum atomic E-state index is -0.859. The number of anilines is 1. The molecular weight excluding hydrogens is 623 g/mol. The molecule has 1 N–H and O–H groups in total. The minimum Gasteiger partial charge on any atom is -0.487 e.